The van der Waals surface area contributed by atoms with E-state index in [1.807, 2.05) is 19.0 Å². The number of hydrogen-bond acceptors (Lipinski definition) is 7. The van der Waals surface area contributed by atoms with Crippen LogP contribution in [0.15, 0.2) is 44.9 Å². The fourth-order valence-electron chi connectivity index (χ4n) is 1.79. The molecule has 0 saturated carbocycles. The second-order valence-electron chi connectivity index (χ2n) is 4.86. The molecule has 0 aliphatic heterocycles. The van der Waals surface area contributed by atoms with Crippen LogP contribution in [-0.2, 0) is 9.84 Å². The molecule has 2 aromatic rings. The summed E-state index contributed by atoms with van der Waals surface area (Å²) in [7, 11) is -0.232. The fraction of sp³-hybridized carbons (Fsp3) is 0.385. The molecule has 10 heteroatoms. The Hall–Kier alpha value is -1.84. The zero-order valence-electron chi connectivity index (χ0n) is 12.7. The predicted molar refractivity (Wildman–Crippen MR) is 83.3 cm³/mol. The molecule has 0 amide bonds. The number of aromatic nitrogens is 2. The van der Waals surface area contributed by atoms with Crippen molar-refractivity contribution < 1.29 is 22.7 Å². The summed E-state index contributed by atoms with van der Waals surface area (Å²) < 4.78 is 34.6. The molecule has 0 atom stereocenters. The average Bonchev–Trinajstić information content (AvgIpc) is 2.86. The van der Waals surface area contributed by atoms with Crippen LogP contribution in [0.1, 0.15) is 6.42 Å². The highest BCUT2D eigenvalue weighted by Crippen LogP contribution is 2.24. The summed E-state index contributed by atoms with van der Waals surface area (Å²) >= 11 is 0. The molecule has 23 heavy (non-hydrogen) atoms. The number of ether oxygens (including phenoxy) is 1. The second-order valence-corrected chi connectivity index (χ2v) is 6.73. The van der Waals surface area contributed by atoms with Crippen LogP contribution in [0.25, 0.3) is 0 Å². The van der Waals surface area contributed by atoms with Crippen LogP contribution in [-0.4, -0.2) is 45.7 Å². The van der Waals surface area contributed by atoms with E-state index < -0.39 is 14.9 Å². The number of hydrogen-bond donors (Lipinski definition) is 0. The van der Waals surface area contributed by atoms with Gasteiger partial charge < -0.3 is 14.8 Å². The van der Waals surface area contributed by atoms with Crippen LogP contribution in [0.5, 0.6) is 5.88 Å². The first-order valence-electron chi connectivity index (χ1n) is 6.60. The third-order valence-electron chi connectivity index (χ3n) is 2.84. The molecule has 8 nitrogen and oxygen atoms in total. The zero-order chi connectivity index (χ0) is 16.2. The van der Waals surface area contributed by atoms with Crippen LogP contribution in [0.2, 0.25) is 0 Å². The Bertz CT molecular complexity index is 718. The topological polar surface area (TPSA) is 99.6 Å². The minimum Gasteiger partial charge on any atom is -0.454 e. The van der Waals surface area contributed by atoms with E-state index in [4.69, 9.17) is 4.74 Å². The molecule has 0 aliphatic carbocycles. The van der Waals surface area contributed by atoms with Gasteiger partial charge in [0.05, 0.1) is 16.7 Å². The molecular formula is C13H18ClN3O5S. The van der Waals surface area contributed by atoms with Gasteiger partial charge in [0, 0.05) is 6.54 Å². The van der Waals surface area contributed by atoms with E-state index in [1.54, 1.807) is 18.2 Å². The van der Waals surface area contributed by atoms with Gasteiger partial charge >= 0.3 is 10.9 Å². The van der Waals surface area contributed by atoms with E-state index in [9.17, 15) is 13.6 Å². The van der Waals surface area contributed by atoms with Gasteiger partial charge in [-0.1, -0.05) is 18.2 Å². The molecule has 0 bridgehead atoms. The summed E-state index contributed by atoms with van der Waals surface area (Å²) in [6.07, 6.45) is 0.656. The van der Waals surface area contributed by atoms with Crippen molar-refractivity contribution >= 4 is 22.2 Å². The minimum atomic E-state index is -4.05. The zero-order valence-corrected chi connectivity index (χ0v) is 14.3. The maximum absolute atomic E-state index is 12.5. The molecular weight excluding hydrogens is 346 g/mol. The Labute approximate surface area is 140 Å². The largest absolute Gasteiger partial charge is 0.454 e. The molecule has 1 heterocycles. The van der Waals surface area contributed by atoms with Crippen LogP contribution >= 0.6 is 12.4 Å². The third kappa shape index (κ3) is 4.57. The van der Waals surface area contributed by atoms with Crippen molar-refractivity contribution in [3.05, 3.63) is 35.5 Å². The molecule has 0 saturated heterocycles. The Balaban J connectivity index is 0.00000264. The number of nitrogens with zero attached hydrogens (tertiary/aromatic N) is 3. The first kappa shape index (κ1) is 19.2. The highest BCUT2D eigenvalue weighted by Gasteiger charge is 2.35. The van der Waals surface area contributed by atoms with Crippen molar-refractivity contribution in [2.75, 3.05) is 27.2 Å². The van der Waals surface area contributed by atoms with Crippen molar-refractivity contribution in [3.8, 4) is 5.88 Å². The third-order valence-corrected chi connectivity index (χ3v) is 4.57. The number of sulfone groups is 1. The van der Waals surface area contributed by atoms with Crippen molar-refractivity contribution in [2.24, 2.45) is 0 Å². The molecule has 0 spiro atoms. The van der Waals surface area contributed by atoms with E-state index in [0.717, 1.165) is 6.54 Å². The van der Waals surface area contributed by atoms with Gasteiger partial charge in [0.1, 0.15) is 0 Å². The van der Waals surface area contributed by atoms with Gasteiger partial charge in [-0.05, 0) is 37.6 Å². The highest BCUT2D eigenvalue weighted by molar-refractivity contribution is 7.91. The van der Waals surface area contributed by atoms with Crippen LogP contribution in [0, 0.1) is 5.21 Å². The van der Waals surface area contributed by atoms with Crippen LogP contribution < -0.4 is 9.64 Å². The lowest BCUT2D eigenvalue weighted by Crippen LogP contribution is -2.31. The van der Waals surface area contributed by atoms with Crippen molar-refractivity contribution in [1.29, 1.82) is 0 Å². The molecule has 2 rings (SSSR count). The lowest BCUT2D eigenvalue weighted by molar-refractivity contribution is -0.832. The van der Waals surface area contributed by atoms with E-state index in [2.05, 4.69) is 9.79 Å². The van der Waals surface area contributed by atoms with Gasteiger partial charge in [-0.15, -0.1) is 12.4 Å². The molecule has 0 radical (unpaired) electrons. The maximum atomic E-state index is 12.5. The van der Waals surface area contributed by atoms with E-state index >= 15 is 0 Å². The molecule has 0 fully saturated rings. The Morgan fingerprint density at radius 2 is 1.96 bits per heavy atom. The van der Waals surface area contributed by atoms with Gasteiger partial charge in [-0.3, -0.25) is 4.63 Å². The van der Waals surface area contributed by atoms with E-state index in [1.165, 1.54) is 12.1 Å². The molecule has 1 aromatic heterocycles. The SMILES string of the molecule is CN(C)CCCOc1no[n+]([O-])c1S(=O)(=O)c1ccccc1.Cl. The maximum Gasteiger partial charge on any atom is 0.414 e. The first-order chi connectivity index (χ1) is 10.4. The highest BCUT2D eigenvalue weighted by atomic mass is 35.5. The summed E-state index contributed by atoms with van der Waals surface area (Å²) in [5.74, 6) is -0.322. The lowest BCUT2D eigenvalue weighted by atomic mass is 10.4. The second kappa shape index (κ2) is 8.14. The number of benzene rings is 1. The summed E-state index contributed by atoms with van der Waals surface area (Å²) in [5.41, 5.74) is 0. The summed E-state index contributed by atoms with van der Waals surface area (Å²) in [6, 6.07) is 7.58. The fourth-order valence-corrected chi connectivity index (χ4v) is 3.08. The van der Waals surface area contributed by atoms with Crippen LogP contribution in [0.3, 0.4) is 0 Å². The number of halogens is 1. The summed E-state index contributed by atoms with van der Waals surface area (Å²) in [5, 5.41) is 14.4. The van der Waals surface area contributed by atoms with Gasteiger partial charge in [-0.2, -0.15) is 0 Å². The Morgan fingerprint density at radius 3 is 2.57 bits per heavy atom. The molecule has 0 N–H and O–H groups in total. The van der Waals surface area contributed by atoms with Gasteiger partial charge in [0.25, 0.3) is 9.84 Å². The van der Waals surface area contributed by atoms with E-state index in [-0.39, 0.29) is 34.7 Å². The predicted octanol–water partition coefficient (Wildman–Crippen LogP) is 0.893. The Morgan fingerprint density at radius 1 is 1.30 bits per heavy atom. The van der Waals surface area contributed by atoms with E-state index in [0.29, 0.717) is 6.42 Å². The normalized spacial score (nSPS) is 11.3. The summed E-state index contributed by atoms with van der Waals surface area (Å²) in [4.78, 5) is 1.78. The van der Waals surface area contributed by atoms with Crippen molar-refractivity contribution in [1.82, 2.24) is 10.1 Å². The molecule has 0 unspecified atom stereocenters. The first-order valence-corrected chi connectivity index (χ1v) is 8.08. The monoisotopic (exact) mass is 363 g/mol. The Kier molecular flexibility index (Phi) is 6.79. The lowest BCUT2D eigenvalue weighted by Gasteiger charge is -2.08. The smallest absolute Gasteiger partial charge is 0.414 e. The van der Waals surface area contributed by atoms with Crippen LogP contribution in [0.4, 0.5) is 0 Å². The quantitative estimate of drug-likeness (QED) is 0.532. The standard InChI is InChI=1S/C13H17N3O5S.ClH/c1-15(2)9-6-10-20-12-13(16(17)21-14-12)22(18,19)11-7-4-3-5-8-11;/h3-5,7-8H,6,9-10H2,1-2H3;1H. The van der Waals surface area contributed by atoms with Crippen molar-refractivity contribution in [2.45, 2.75) is 16.3 Å². The number of rotatable bonds is 7. The van der Waals surface area contributed by atoms with Gasteiger partial charge in [0.15, 0.2) is 0 Å². The summed E-state index contributed by atoms with van der Waals surface area (Å²) in [6.45, 7) is 0.984. The molecule has 128 valence electrons. The van der Waals surface area contributed by atoms with Gasteiger partial charge in [-0.25, -0.2) is 8.42 Å². The minimum absolute atomic E-state index is 0. The average molecular weight is 364 g/mol. The van der Waals surface area contributed by atoms with Crippen molar-refractivity contribution in [3.63, 3.8) is 0 Å². The molecule has 0 aliphatic rings. The van der Waals surface area contributed by atoms with Gasteiger partial charge in [0.2, 0.25) is 0 Å². The molecule has 1 aromatic carbocycles.